The fraction of sp³-hybridized carbons (Fsp3) is 0.857. The third-order valence-electron chi connectivity index (χ3n) is 1.44. The normalized spacial score (nSPS) is 29.8. The van der Waals surface area contributed by atoms with Crippen LogP contribution in [0.3, 0.4) is 0 Å². The van der Waals surface area contributed by atoms with E-state index in [1.807, 2.05) is 0 Å². The van der Waals surface area contributed by atoms with E-state index in [1.54, 1.807) is 6.92 Å². The first-order chi connectivity index (χ1) is 5.66. The second-order valence-electron chi connectivity index (χ2n) is 2.64. The summed E-state index contributed by atoms with van der Waals surface area (Å²) in [5.41, 5.74) is 0. The largest absolute Gasteiger partial charge is 0.430 e. The minimum atomic E-state index is -0.954. The first-order valence-corrected chi connectivity index (χ1v) is 4.19. The van der Waals surface area contributed by atoms with Crippen molar-refractivity contribution in [2.24, 2.45) is 0 Å². The van der Waals surface area contributed by atoms with Crippen molar-refractivity contribution >= 4 is 17.6 Å². The van der Waals surface area contributed by atoms with Gasteiger partial charge in [0.25, 0.3) is 0 Å². The molecule has 1 saturated heterocycles. The van der Waals surface area contributed by atoms with E-state index in [1.165, 1.54) is 0 Å². The highest BCUT2D eigenvalue weighted by molar-refractivity contribution is 6.26. The number of esters is 1. The lowest BCUT2D eigenvalue weighted by Crippen LogP contribution is -2.44. The molecule has 0 aliphatic carbocycles. The molecule has 0 N–H and O–H groups in total. The van der Waals surface area contributed by atoms with Gasteiger partial charge in [-0.25, -0.2) is 0 Å². The van der Waals surface area contributed by atoms with Crippen LogP contribution in [0.15, 0.2) is 0 Å². The summed E-state index contributed by atoms with van der Waals surface area (Å²) < 4.78 is 15.2. The Morgan fingerprint density at radius 3 is 2.92 bits per heavy atom. The highest BCUT2D eigenvalue weighted by atomic mass is 35.5. The van der Waals surface area contributed by atoms with Gasteiger partial charge in [-0.3, -0.25) is 4.79 Å². The number of ether oxygens (including phenoxy) is 3. The van der Waals surface area contributed by atoms with Gasteiger partial charge in [-0.1, -0.05) is 0 Å². The summed E-state index contributed by atoms with van der Waals surface area (Å²) in [6.45, 7) is 2.88. The van der Waals surface area contributed by atoms with Crippen molar-refractivity contribution in [1.29, 1.82) is 0 Å². The van der Waals surface area contributed by atoms with Crippen LogP contribution in [0.25, 0.3) is 0 Å². The number of rotatable bonds is 2. The number of carbonyl (C=O) groups excluding carboxylic acids is 1. The average molecular weight is 195 g/mol. The van der Waals surface area contributed by atoms with Crippen LogP contribution in [0, 0.1) is 0 Å². The first-order valence-electron chi connectivity index (χ1n) is 3.66. The lowest BCUT2D eigenvalue weighted by atomic mass is 10.3. The number of hydrogen-bond donors (Lipinski definition) is 0. The fourth-order valence-corrected chi connectivity index (χ4v) is 0.997. The Morgan fingerprint density at radius 2 is 2.42 bits per heavy atom. The Labute approximate surface area is 75.7 Å². The Bertz CT molecular complexity index is 165. The number of hydrogen-bond acceptors (Lipinski definition) is 4. The van der Waals surface area contributed by atoms with Crippen molar-refractivity contribution in [3.63, 3.8) is 0 Å². The van der Waals surface area contributed by atoms with Gasteiger partial charge in [-0.2, -0.15) is 0 Å². The van der Waals surface area contributed by atoms with Gasteiger partial charge in [-0.05, 0) is 0 Å². The van der Waals surface area contributed by atoms with E-state index >= 15 is 0 Å². The molecular formula is C7H11ClO4. The molecule has 0 radical (unpaired) electrons. The molecule has 0 bridgehead atoms. The maximum Gasteiger partial charge on any atom is 0.323 e. The second kappa shape index (κ2) is 4.07. The summed E-state index contributed by atoms with van der Waals surface area (Å²) in [5.74, 6) is -1.62. The van der Waals surface area contributed by atoms with E-state index in [-0.39, 0.29) is 12.5 Å². The van der Waals surface area contributed by atoms with Crippen molar-refractivity contribution in [1.82, 2.24) is 0 Å². The van der Waals surface area contributed by atoms with Crippen molar-refractivity contribution in [2.75, 3.05) is 25.7 Å². The maximum atomic E-state index is 10.8. The topological polar surface area (TPSA) is 44.8 Å². The zero-order valence-electron chi connectivity index (χ0n) is 6.84. The van der Waals surface area contributed by atoms with E-state index < -0.39 is 11.8 Å². The second-order valence-corrected chi connectivity index (χ2v) is 2.91. The standard InChI is InChI=1S/C7H11ClO4/c1-7(12-6(9)4-8)5-10-2-3-11-7/h2-5H2,1H3. The lowest BCUT2D eigenvalue weighted by molar-refractivity contribution is -0.269. The van der Waals surface area contributed by atoms with Crippen LogP contribution in [0.2, 0.25) is 0 Å². The number of alkyl halides is 1. The molecule has 0 aromatic heterocycles. The molecule has 4 nitrogen and oxygen atoms in total. The molecule has 12 heavy (non-hydrogen) atoms. The molecule has 0 aromatic rings. The summed E-state index contributed by atoms with van der Waals surface area (Å²) in [7, 11) is 0. The summed E-state index contributed by atoms with van der Waals surface area (Å²) in [6.07, 6.45) is 0. The molecule has 1 aliphatic rings. The van der Waals surface area contributed by atoms with Crippen molar-refractivity contribution in [3.05, 3.63) is 0 Å². The molecule has 1 heterocycles. The Morgan fingerprint density at radius 1 is 1.67 bits per heavy atom. The SMILES string of the molecule is CC1(OC(=O)CCl)COCCO1. The first kappa shape index (κ1) is 9.77. The highest BCUT2D eigenvalue weighted by Gasteiger charge is 2.32. The van der Waals surface area contributed by atoms with Gasteiger partial charge in [0.1, 0.15) is 12.5 Å². The van der Waals surface area contributed by atoms with Gasteiger partial charge in [0.05, 0.1) is 13.2 Å². The van der Waals surface area contributed by atoms with Crippen molar-refractivity contribution < 1.29 is 19.0 Å². The molecule has 0 amide bonds. The third-order valence-corrected chi connectivity index (χ3v) is 1.66. The van der Waals surface area contributed by atoms with Crippen LogP contribution < -0.4 is 0 Å². The molecular weight excluding hydrogens is 184 g/mol. The molecule has 0 spiro atoms. The van der Waals surface area contributed by atoms with Gasteiger partial charge in [-0.15, -0.1) is 11.6 Å². The van der Waals surface area contributed by atoms with Crippen LogP contribution in [0.1, 0.15) is 6.92 Å². The Balaban J connectivity index is 2.41. The minimum absolute atomic E-state index is 0.168. The molecule has 1 atom stereocenters. The van der Waals surface area contributed by atoms with E-state index in [2.05, 4.69) is 0 Å². The molecule has 1 unspecified atom stereocenters. The van der Waals surface area contributed by atoms with Crippen LogP contribution in [-0.4, -0.2) is 37.5 Å². The van der Waals surface area contributed by atoms with E-state index in [0.29, 0.717) is 13.2 Å². The van der Waals surface area contributed by atoms with E-state index in [0.717, 1.165) is 0 Å². The minimum Gasteiger partial charge on any atom is -0.430 e. The number of carbonyl (C=O) groups is 1. The molecule has 0 aromatic carbocycles. The van der Waals surface area contributed by atoms with E-state index in [9.17, 15) is 4.79 Å². The zero-order chi connectivity index (χ0) is 9.03. The van der Waals surface area contributed by atoms with Gasteiger partial charge in [0, 0.05) is 6.92 Å². The molecule has 1 fully saturated rings. The summed E-state index contributed by atoms with van der Waals surface area (Å²) >= 11 is 5.26. The van der Waals surface area contributed by atoms with Gasteiger partial charge < -0.3 is 14.2 Å². The van der Waals surface area contributed by atoms with Gasteiger partial charge in [0.2, 0.25) is 5.79 Å². The third kappa shape index (κ3) is 2.62. The molecule has 1 rings (SSSR count). The summed E-state index contributed by atoms with van der Waals surface area (Å²) in [5, 5.41) is 0. The van der Waals surface area contributed by atoms with Crippen molar-refractivity contribution in [2.45, 2.75) is 12.7 Å². The summed E-state index contributed by atoms with van der Waals surface area (Å²) in [6, 6.07) is 0. The van der Waals surface area contributed by atoms with Crippen LogP contribution in [0.4, 0.5) is 0 Å². The zero-order valence-corrected chi connectivity index (χ0v) is 7.60. The number of halogens is 1. The Hall–Kier alpha value is -0.320. The molecule has 5 heteroatoms. The predicted molar refractivity (Wildman–Crippen MR) is 42.0 cm³/mol. The van der Waals surface area contributed by atoms with Crippen LogP contribution in [0.5, 0.6) is 0 Å². The molecule has 0 saturated carbocycles. The fourth-order valence-electron chi connectivity index (χ4n) is 0.943. The quantitative estimate of drug-likeness (QED) is 0.475. The van der Waals surface area contributed by atoms with Crippen molar-refractivity contribution in [3.8, 4) is 0 Å². The van der Waals surface area contributed by atoms with Crippen LogP contribution >= 0.6 is 11.6 Å². The predicted octanol–water partition coefficient (Wildman–Crippen LogP) is 0.531. The maximum absolute atomic E-state index is 10.8. The molecule has 1 aliphatic heterocycles. The Kier molecular flexibility index (Phi) is 3.31. The monoisotopic (exact) mass is 194 g/mol. The van der Waals surface area contributed by atoms with Gasteiger partial charge >= 0.3 is 5.97 Å². The lowest BCUT2D eigenvalue weighted by Gasteiger charge is -2.32. The summed E-state index contributed by atoms with van der Waals surface area (Å²) in [4.78, 5) is 10.8. The van der Waals surface area contributed by atoms with E-state index in [4.69, 9.17) is 25.8 Å². The highest BCUT2D eigenvalue weighted by Crippen LogP contribution is 2.17. The average Bonchev–Trinajstić information content (AvgIpc) is 2.05. The molecule has 70 valence electrons. The van der Waals surface area contributed by atoms with Crippen LogP contribution in [-0.2, 0) is 19.0 Å². The smallest absolute Gasteiger partial charge is 0.323 e. The van der Waals surface area contributed by atoms with Gasteiger partial charge in [0.15, 0.2) is 0 Å².